The summed E-state index contributed by atoms with van der Waals surface area (Å²) in [5, 5.41) is 10.4. The van der Waals surface area contributed by atoms with Crippen LogP contribution in [0.2, 0.25) is 0 Å². The normalized spacial score (nSPS) is 20.6. The number of amides is 2. The molecule has 0 saturated heterocycles. The molecule has 5 rings (SSSR count). The first kappa shape index (κ1) is 24.0. The van der Waals surface area contributed by atoms with Gasteiger partial charge in [-0.15, -0.1) is 0 Å². The Labute approximate surface area is 210 Å². The van der Waals surface area contributed by atoms with Crippen molar-refractivity contribution in [2.75, 3.05) is 26.0 Å². The molecule has 2 aliphatic rings. The van der Waals surface area contributed by atoms with Crippen LogP contribution in [-0.2, 0) is 21.6 Å². The summed E-state index contributed by atoms with van der Waals surface area (Å²) in [6, 6.07) is 15.7. The van der Waals surface area contributed by atoms with Crippen LogP contribution in [0.25, 0.3) is 0 Å². The third-order valence-corrected chi connectivity index (χ3v) is 7.08. The minimum Gasteiger partial charge on any atom is -0.438 e. The minimum absolute atomic E-state index is 0.0433. The number of H-pyrrole nitrogens is 1. The highest BCUT2D eigenvalue weighted by molar-refractivity contribution is 5.95. The van der Waals surface area contributed by atoms with Crippen molar-refractivity contribution in [3.63, 3.8) is 0 Å². The predicted molar refractivity (Wildman–Crippen MR) is 135 cm³/mol. The molecule has 1 saturated carbocycles. The van der Waals surface area contributed by atoms with Gasteiger partial charge in [0.15, 0.2) is 11.9 Å². The SMILES string of the molecule is CN(C)CC(OC(=O)N1Cc2c(NC(=O)C3CC3c3ccccc3)n[nH]c2C1(C)C)c1ccccn1. The van der Waals surface area contributed by atoms with E-state index in [1.54, 1.807) is 11.1 Å². The molecule has 36 heavy (non-hydrogen) atoms. The molecule has 1 aromatic carbocycles. The third-order valence-electron chi connectivity index (χ3n) is 7.08. The fourth-order valence-corrected chi connectivity index (χ4v) is 4.95. The number of fused-ring (bicyclic) bond motifs is 1. The Morgan fingerprint density at radius 1 is 1.19 bits per heavy atom. The van der Waals surface area contributed by atoms with Gasteiger partial charge in [0.1, 0.15) is 0 Å². The summed E-state index contributed by atoms with van der Waals surface area (Å²) >= 11 is 0. The van der Waals surface area contributed by atoms with Crippen LogP contribution in [0.5, 0.6) is 0 Å². The Balaban J connectivity index is 1.28. The largest absolute Gasteiger partial charge is 0.438 e. The maximum atomic E-state index is 13.4. The number of aromatic amines is 1. The smallest absolute Gasteiger partial charge is 0.411 e. The lowest BCUT2D eigenvalue weighted by atomic mass is 10.0. The molecule has 2 amide bonds. The highest BCUT2D eigenvalue weighted by Crippen LogP contribution is 2.48. The van der Waals surface area contributed by atoms with Gasteiger partial charge in [0.05, 0.1) is 23.5 Å². The number of carbonyl (C=O) groups excluding carboxylic acids is 2. The molecule has 9 nitrogen and oxygen atoms in total. The first-order valence-corrected chi connectivity index (χ1v) is 12.2. The molecule has 0 bridgehead atoms. The van der Waals surface area contributed by atoms with Crippen LogP contribution in [0, 0.1) is 5.92 Å². The highest BCUT2D eigenvalue weighted by Gasteiger charge is 2.47. The van der Waals surface area contributed by atoms with Crippen molar-refractivity contribution >= 4 is 17.8 Å². The number of ether oxygens (including phenoxy) is 1. The van der Waals surface area contributed by atoms with E-state index >= 15 is 0 Å². The molecule has 3 atom stereocenters. The number of benzene rings is 1. The van der Waals surface area contributed by atoms with E-state index in [-0.39, 0.29) is 24.3 Å². The van der Waals surface area contributed by atoms with Crippen LogP contribution < -0.4 is 5.32 Å². The number of carbonyl (C=O) groups is 2. The summed E-state index contributed by atoms with van der Waals surface area (Å²) in [7, 11) is 3.86. The van der Waals surface area contributed by atoms with E-state index in [2.05, 4.69) is 32.6 Å². The summed E-state index contributed by atoms with van der Waals surface area (Å²) in [5.74, 6) is 0.603. The second-order valence-electron chi connectivity index (χ2n) is 10.3. The standard InChI is InChI=1S/C27H32N6O3/c1-27(2)23-20(15-33(27)26(35)36-22(16-32(3)4)21-12-8-9-13-28-21)24(31-30-23)29-25(34)19-14-18(19)17-10-6-5-7-11-17/h5-13,18-19,22H,14-16H2,1-4H3,(H2,29,30,31,34). The zero-order valence-corrected chi connectivity index (χ0v) is 21.1. The van der Waals surface area contributed by atoms with Crippen molar-refractivity contribution in [1.29, 1.82) is 0 Å². The van der Waals surface area contributed by atoms with Gasteiger partial charge in [-0.25, -0.2) is 4.79 Å². The molecule has 1 fully saturated rings. The van der Waals surface area contributed by atoms with Crippen LogP contribution in [-0.4, -0.2) is 57.6 Å². The van der Waals surface area contributed by atoms with Crippen molar-refractivity contribution in [3.8, 4) is 0 Å². The number of likely N-dealkylation sites (N-methyl/N-ethyl adjacent to an activating group) is 1. The van der Waals surface area contributed by atoms with Gasteiger partial charge in [-0.1, -0.05) is 36.4 Å². The van der Waals surface area contributed by atoms with Crippen LogP contribution in [0.4, 0.5) is 10.6 Å². The van der Waals surface area contributed by atoms with E-state index in [9.17, 15) is 9.59 Å². The number of hydrogen-bond acceptors (Lipinski definition) is 6. The second kappa shape index (κ2) is 9.39. The molecule has 3 aromatic rings. The van der Waals surface area contributed by atoms with Crippen molar-refractivity contribution in [3.05, 3.63) is 77.2 Å². The number of hydrogen-bond donors (Lipinski definition) is 2. The summed E-state index contributed by atoms with van der Waals surface area (Å²) in [6.07, 6.45) is 1.57. The number of nitrogens with one attached hydrogen (secondary N) is 2. The lowest BCUT2D eigenvalue weighted by molar-refractivity contribution is -0.117. The van der Waals surface area contributed by atoms with Gasteiger partial charge in [-0.3, -0.25) is 19.8 Å². The quantitative estimate of drug-likeness (QED) is 0.520. The molecule has 9 heteroatoms. The average Bonchev–Trinajstić information content (AvgIpc) is 3.49. The summed E-state index contributed by atoms with van der Waals surface area (Å²) in [5.41, 5.74) is 2.81. The molecule has 0 spiro atoms. The van der Waals surface area contributed by atoms with E-state index in [1.807, 2.05) is 69.2 Å². The first-order chi connectivity index (χ1) is 17.3. The molecule has 2 aromatic heterocycles. The Kier molecular flexibility index (Phi) is 6.26. The second-order valence-corrected chi connectivity index (χ2v) is 10.3. The third kappa shape index (κ3) is 4.58. The maximum absolute atomic E-state index is 13.4. The maximum Gasteiger partial charge on any atom is 0.411 e. The Bertz CT molecular complexity index is 1240. The minimum atomic E-state index is -0.679. The molecular weight excluding hydrogens is 456 g/mol. The average molecular weight is 489 g/mol. The Morgan fingerprint density at radius 2 is 1.94 bits per heavy atom. The topological polar surface area (TPSA) is 103 Å². The van der Waals surface area contributed by atoms with Gasteiger partial charge in [0, 0.05) is 24.2 Å². The number of anilines is 1. The molecule has 3 unspecified atom stereocenters. The molecular formula is C27H32N6O3. The predicted octanol–water partition coefficient (Wildman–Crippen LogP) is 4.04. The molecule has 2 N–H and O–H groups in total. The van der Waals surface area contributed by atoms with Gasteiger partial charge >= 0.3 is 6.09 Å². The molecule has 0 radical (unpaired) electrons. The molecule has 1 aliphatic heterocycles. The molecule has 3 heterocycles. The summed E-state index contributed by atoms with van der Waals surface area (Å²) in [6.45, 7) is 4.68. The zero-order valence-electron chi connectivity index (χ0n) is 21.1. The lowest BCUT2D eigenvalue weighted by Gasteiger charge is -2.32. The first-order valence-electron chi connectivity index (χ1n) is 12.2. The molecule has 1 aliphatic carbocycles. The number of nitrogens with zero attached hydrogens (tertiary/aromatic N) is 4. The van der Waals surface area contributed by atoms with E-state index in [0.717, 1.165) is 17.7 Å². The van der Waals surface area contributed by atoms with Crippen LogP contribution in [0.15, 0.2) is 54.7 Å². The van der Waals surface area contributed by atoms with Gasteiger partial charge in [-0.2, -0.15) is 5.10 Å². The highest BCUT2D eigenvalue weighted by atomic mass is 16.6. The number of aromatic nitrogens is 3. The fraction of sp³-hybridized carbons (Fsp3) is 0.407. The van der Waals surface area contributed by atoms with E-state index in [4.69, 9.17) is 4.74 Å². The van der Waals surface area contributed by atoms with Crippen molar-refractivity contribution in [2.45, 2.75) is 44.4 Å². The number of pyridine rings is 1. The number of rotatable bonds is 7. The van der Waals surface area contributed by atoms with Gasteiger partial charge < -0.3 is 15.0 Å². The van der Waals surface area contributed by atoms with Crippen molar-refractivity contribution in [1.82, 2.24) is 25.0 Å². The van der Waals surface area contributed by atoms with Gasteiger partial charge in [-0.05, 0) is 58.0 Å². The molecule has 188 valence electrons. The van der Waals surface area contributed by atoms with Gasteiger partial charge in [0.25, 0.3) is 0 Å². The summed E-state index contributed by atoms with van der Waals surface area (Å²) in [4.78, 5) is 34.4. The zero-order chi connectivity index (χ0) is 25.4. The van der Waals surface area contributed by atoms with Crippen LogP contribution >= 0.6 is 0 Å². The Hall–Kier alpha value is -3.72. The van der Waals surface area contributed by atoms with Gasteiger partial charge in [0.2, 0.25) is 5.91 Å². The van der Waals surface area contributed by atoms with E-state index in [0.29, 0.717) is 18.1 Å². The lowest BCUT2D eigenvalue weighted by Crippen LogP contribution is -2.42. The monoisotopic (exact) mass is 488 g/mol. The van der Waals surface area contributed by atoms with Crippen molar-refractivity contribution in [2.24, 2.45) is 5.92 Å². The fourth-order valence-electron chi connectivity index (χ4n) is 4.95. The van der Waals surface area contributed by atoms with E-state index < -0.39 is 17.7 Å². The van der Waals surface area contributed by atoms with Crippen molar-refractivity contribution < 1.29 is 14.3 Å². The van der Waals surface area contributed by atoms with E-state index in [1.165, 1.54) is 5.56 Å². The van der Waals surface area contributed by atoms with Crippen LogP contribution in [0.3, 0.4) is 0 Å². The Morgan fingerprint density at radius 3 is 2.64 bits per heavy atom. The summed E-state index contributed by atoms with van der Waals surface area (Å²) < 4.78 is 5.96. The van der Waals surface area contributed by atoms with Crippen LogP contribution in [0.1, 0.15) is 54.8 Å².